The van der Waals surface area contributed by atoms with Crippen molar-refractivity contribution in [1.29, 1.82) is 0 Å². The summed E-state index contributed by atoms with van der Waals surface area (Å²) < 4.78 is 0. The number of carbonyl (C=O) groups is 2. The minimum Gasteiger partial charge on any atom is -0.314 e. The molecule has 1 amide bonds. The predicted molar refractivity (Wildman–Crippen MR) is 200 cm³/mol. The lowest BCUT2D eigenvalue weighted by atomic mass is 9.83. The highest BCUT2D eigenvalue weighted by Crippen LogP contribution is 2.40. The molecule has 1 aliphatic carbocycles. The fraction of sp³-hybridized carbons (Fsp3) is 0.795. The standard InChI is InChI=1S/C21H34NO2P.C14H30N2.C4H8/c1-6-20(24)22-13-21(4,5)14(2)19(22)12-17(15(3)23)11-16-7-9-18(25)10-8-16;1-5-14(4)15-9-13(3)11-16-8-6-7-12(2)10-16;1-4(2)3/h12,16,18H,6-11,13,25H2,1-5H3;12-15H,5-11H2,1-4H3;1H2,2-3H3/b17-12-;;/t;12-,13?,14+;/m.0./s1. The molecule has 0 bridgehead atoms. The molecular weight excluding hydrogens is 573 g/mol. The molecule has 0 spiro atoms. The number of rotatable bonds is 11. The lowest BCUT2D eigenvalue weighted by Gasteiger charge is -2.33. The summed E-state index contributed by atoms with van der Waals surface area (Å²) in [7, 11) is 2.93. The number of nitrogens with one attached hydrogen (secondary N) is 1. The van der Waals surface area contributed by atoms with Crippen molar-refractivity contribution in [3.8, 4) is 0 Å². The minimum absolute atomic E-state index is 0.0317. The van der Waals surface area contributed by atoms with E-state index in [4.69, 9.17) is 0 Å². The molecule has 260 valence electrons. The van der Waals surface area contributed by atoms with Crippen molar-refractivity contribution in [2.45, 2.75) is 146 Å². The monoisotopic (exact) mass is 646 g/mol. The summed E-state index contributed by atoms with van der Waals surface area (Å²) >= 11 is 0. The number of hydrogen-bond acceptors (Lipinski definition) is 4. The van der Waals surface area contributed by atoms with Gasteiger partial charge in [0.25, 0.3) is 0 Å². The van der Waals surface area contributed by atoms with E-state index in [9.17, 15) is 9.59 Å². The first-order chi connectivity index (χ1) is 21.0. The van der Waals surface area contributed by atoms with Crippen LogP contribution in [0, 0.1) is 23.2 Å². The van der Waals surface area contributed by atoms with E-state index in [1.807, 2.05) is 31.7 Å². The SMILES string of the molecule is C=C(C)C.CCC(=O)N1CC(C)(C)C(C)=C1/C=C(/CC1CCC(P)CC1)C(C)=O.CC[C@@H](C)NCC(C)CN1CCC[C@H](C)C1. The van der Waals surface area contributed by atoms with Crippen molar-refractivity contribution in [3.05, 3.63) is 35.1 Å². The summed E-state index contributed by atoms with van der Waals surface area (Å²) in [6, 6.07) is 0.669. The van der Waals surface area contributed by atoms with Crippen molar-refractivity contribution in [3.63, 3.8) is 0 Å². The van der Waals surface area contributed by atoms with Crippen LogP contribution in [0.25, 0.3) is 0 Å². The molecule has 2 fully saturated rings. The highest BCUT2D eigenvalue weighted by atomic mass is 31.0. The topological polar surface area (TPSA) is 52.7 Å². The van der Waals surface area contributed by atoms with Crippen molar-refractivity contribution >= 4 is 20.9 Å². The number of piperidine rings is 1. The Labute approximate surface area is 281 Å². The molecule has 2 unspecified atom stereocenters. The first-order valence-corrected chi connectivity index (χ1v) is 18.7. The third-order valence-corrected chi connectivity index (χ3v) is 10.4. The number of amides is 1. The van der Waals surface area contributed by atoms with E-state index >= 15 is 0 Å². The van der Waals surface area contributed by atoms with Crippen LogP contribution >= 0.6 is 9.24 Å². The van der Waals surface area contributed by atoms with Gasteiger partial charge in [0.2, 0.25) is 5.91 Å². The number of Topliss-reactive ketones (excluding diaryl/α,β-unsaturated/α-hetero) is 1. The van der Waals surface area contributed by atoms with Crippen molar-refractivity contribution in [1.82, 2.24) is 15.1 Å². The zero-order chi connectivity index (χ0) is 34.3. The van der Waals surface area contributed by atoms with Gasteiger partial charge in [0.15, 0.2) is 5.78 Å². The average molecular weight is 646 g/mol. The van der Waals surface area contributed by atoms with E-state index in [0.717, 1.165) is 35.2 Å². The maximum atomic E-state index is 12.4. The molecule has 0 aromatic carbocycles. The third kappa shape index (κ3) is 15.9. The Balaban J connectivity index is 0.000000433. The summed E-state index contributed by atoms with van der Waals surface area (Å²) in [5.74, 6) is 2.56. The molecule has 2 heterocycles. The molecule has 0 aromatic heterocycles. The molecule has 3 aliphatic rings. The van der Waals surface area contributed by atoms with Gasteiger partial charge in [0.1, 0.15) is 0 Å². The second kappa shape index (κ2) is 20.8. The molecule has 1 N–H and O–H groups in total. The van der Waals surface area contributed by atoms with Crippen molar-refractivity contribution < 1.29 is 9.59 Å². The van der Waals surface area contributed by atoms with Crippen molar-refractivity contribution in [2.24, 2.45) is 23.2 Å². The largest absolute Gasteiger partial charge is 0.314 e. The van der Waals surface area contributed by atoms with Gasteiger partial charge < -0.3 is 15.1 Å². The van der Waals surface area contributed by atoms with Crippen LogP contribution in [0.4, 0.5) is 0 Å². The molecular formula is C39H72N3O2P. The molecule has 4 atom stereocenters. The maximum Gasteiger partial charge on any atom is 0.226 e. The summed E-state index contributed by atoms with van der Waals surface area (Å²) in [6.45, 7) is 32.6. The normalized spacial score (nSPS) is 25.0. The number of likely N-dealkylation sites (tertiary alicyclic amines) is 1. The van der Waals surface area contributed by atoms with E-state index in [-0.39, 0.29) is 17.1 Å². The Kier molecular flexibility index (Phi) is 19.3. The fourth-order valence-corrected chi connectivity index (χ4v) is 6.81. The predicted octanol–water partition coefficient (Wildman–Crippen LogP) is 9.20. The van der Waals surface area contributed by atoms with Crippen LogP contribution in [0.1, 0.15) is 134 Å². The summed E-state index contributed by atoms with van der Waals surface area (Å²) in [5.41, 5.74) is 4.92. The highest BCUT2D eigenvalue weighted by molar-refractivity contribution is 7.17. The van der Waals surface area contributed by atoms with Crippen LogP contribution in [-0.2, 0) is 9.59 Å². The van der Waals surface area contributed by atoms with Crippen LogP contribution in [0.15, 0.2) is 35.1 Å². The van der Waals surface area contributed by atoms with Gasteiger partial charge in [-0.2, -0.15) is 0 Å². The van der Waals surface area contributed by atoms with E-state index in [1.54, 1.807) is 6.92 Å². The molecule has 1 saturated heterocycles. The molecule has 3 rings (SSSR count). The van der Waals surface area contributed by atoms with Crippen LogP contribution < -0.4 is 5.32 Å². The van der Waals surface area contributed by atoms with Gasteiger partial charge in [-0.05, 0) is 140 Å². The second-order valence-electron chi connectivity index (χ2n) is 15.5. The lowest BCUT2D eigenvalue weighted by Crippen LogP contribution is -2.40. The van der Waals surface area contributed by atoms with E-state index < -0.39 is 0 Å². The number of nitrogens with zero attached hydrogens (tertiary/aromatic N) is 2. The van der Waals surface area contributed by atoms with Gasteiger partial charge in [-0.3, -0.25) is 9.59 Å². The Hall–Kier alpha value is -1.29. The maximum absolute atomic E-state index is 12.4. The summed E-state index contributed by atoms with van der Waals surface area (Å²) in [5, 5.41) is 3.61. The molecule has 45 heavy (non-hydrogen) atoms. The molecule has 0 radical (unpaired) electrons. The summed E-state index contributed by atoms with van der Waals surface area (Å²) in [4.78, 5) is 29.2. The van der Waals surface area contributed by atoms with Gasteiger partial charge in [-0.1, -0.05) is 47.1 Å². The van der Waals surface area contributed by atoms with E-state index in [1.165, 1.54) is 82.3 Å². The Morgan fingerprint density at radius 1 is 1.09 bits per heavy atom. The van der Waals surface area contributed by atoms with Crippen LogP contribution in [-0.4, -0.2) is 65.9 Å². The zero-order valence-electron chi connectivity index (χ0n) is 31.4. The second-order valence-corrected chi connectivity index (χ2v) is 16.4. The van der Waals surface area contributed by atoms with E-state index in [2.05, 4.69) is 74.5 Å². The molecule has 6 heteroatoms. The number of carbonyl (C=O) groups excluding carboxylic acids is 2. The van der Waals surface area contributed by atoms with Gasteiger partial charge in [-0.25, -0.2) is 0 Å². The summed E-state index contributed by atoms with van der Waals surface area (Å²) in [6.07, 6.45) is 12.3. The first-order valence-electron chi connectivity index (χ1n) is 18.1. The Morgan fingerprint density at radius 3 is 2.20 bits per heavy atom. The number of ketones is 1. The fourth-order valence-electron chi connectivity index (χ4n) is 6.42. The Bertz CT molecular complexity index is 988. The van der Waals surface area contributed by atoms with E-state index in [0.29, 0.717) is 24.9 Å². The Morgan fingerprint density at radius 2 is 1.69 bits per heavy atom. The first kappa shape index (κ1) is 41.7. The van der Waals surface area contributed by atoms with Crippen molar-refractivity contribution in [2.75, 3.05) is 32.7 Å². The number of hydrogen-bond donors (Lipinski definition) is 1. The van der Waals surface area contributed by atoms with Gasteiger partial charge >= 0.3 is 0 Å². The zero-order valence-corrected chi connectivity index (χ0v) is 32.5. The molecule has 1 saturated carbocycles. The molecule has 0 aromatic rings. The molecule has 5 nitrogen and oxygen atoms in total. The lowest BCUT2D eigenvalue weighted by molar-refractivity contribution is -0.129. The van der Waals surface area contributed by atoms with Gasteiger partial charge in [-0.15, -0.1) is 15.8 Å². The molecule has 2 aliphatic heterocycles. The quantitative estimate of drug-likeness (QED) is 0.138. The van der Waals surface area contributed by atoms with Crippen LogP contribution in [0.2, 0.25) is 0 Å². The third-order valence-electron chi connectivity index (χ3n) is 9.75. The van der Waals surface area contributed by atoms with Crippen LogP contribution in [0.3, 0.4) is 0 Å². The highest BCUT2D eigenvalue weighted by Gasteiger charge is 2.37. The smallest absolute Gasteiger partial charge is 0.226 e. The number of allylic oxidation sites excluding steroid dienone is 3. The minimum atomic E-state index is -0.0317. The van der Waals surface area contributed by atoms with Crippen LogP contribution in [0.5, 0.6) is 0 Å². The van der Waals surface area contributed by atoms with Gasteiger partial charge in [0, 0.05) is 43.2 Å². The van der Waals surface area contributed by atoms with Gasteiger partial charge in [0.05, 0.1) is 0 Å². The average Bonchev–Trinajstić information content (AvgIpc) is 3.19.